The van der Waals surface area contributed by atoms with Gasteiger partial charge in [-0.3, -0.25) is 4.79 Å². The van der Waals surface area contributed by atoms with Gasteiger partial charge in [-0.15, -0.1) is 0 Å². The monoisotopic (exact) mass is 401 g/mol. The van der Waals surface area contributed by atoms with E-state index in [0.29, 0.717) is 0 Å². The number of rotatable bonds is 6. The molecule has 3 aromatic carbocycles. The number of carboxylic acids is 1. The molecule has 0 saturated heterocycles. The van der Waals surface area contributed by atoms with Crippen LogP contribution in [0.5, 0.6) is 0 Å². The number of carbonyl (C=O) groups is 2. The van der Waals surface area contributed by atoms with Gasteiger partial charge in [0.1, 0.15) is 6.61 Å². The summed E-state index contributed by atoms with van der Waals surface area (Å²) in [6.07, 6.45) is -0.832. The van der Waals surface area contributed by atoms with E-state index >= 15 is 0 Å². The third kappa shape index (κ3) is 3.92. The van der Waals surface area contributed by atoms with E-state index in [9.17, 15) is 14.7 Å². The molecule has 0 heterocycles. The minimum atomic E-state index is -0.984. The first-order chi connectivity index (χ1) is 14.5. The highest BCUT2D eigenvalue weighted by Gasteiger charge is 2.29. The van der Waals surface area contributed by atoms with Crippen molar-refractivity contribution in [3.05, 3.63) is 95.1 Å². The number of nitrogens with one attached hydrogen (secondary N) is 1. The highest BCUT2D eigenvalue weighted by molar-refractivity contribution is 5.79. The Morgan fingerprint density at radius 2 is 1.50 bits per heavy atom. The molecular weight excluding hydrogens is 378 g/mol. The van der Waals surface area contributed by atoms with Crippen LogP contribution in [0.15, 0.2) is 72.8 Å². The average molecular weight is 401 g/mol. The lowest BCUT2D eigenvalue weighted by molar-refractivity contribution is -0.137. The Balaban J connectivity index is 1.49. The van der Waals surface area contributed by atoms with E-state index in [1.54, 1.807) is 0 Å². The maximum Gasteiger partial charge on any atom is 0.407 e. The Morgan fingerprint density at radius 1 is 0.933 bits per heavy atom. The van der Waals surface area contributed by atoms with Gasteiger partial charge in [0.05, 0.1) is 12.5 Å². The lowest BCUT2D eigenvalue weighted by atomic mass is 9.98. The summed E-state index contributed by atoms with van der Waals surface area (Å²) in [5.41, 5.74) is 6.27. The first-order valence-electron chi connectivity index (χ1n) is 9.93. The third-order valence-electron chi connectivity index (χ3n) is 5.58. The van der Waals surface area contributed by atoms with Crippen molar-refractivity contribution in [2.75, 3.05) is 6.61 Å². The molecule has 0 spiro atoms. The van der Waals surface area contributed by atoms with Crippen LogP contribution in [-0.2, 0) is 9.53 Å². The molecule has 30 heavy (non-hydrogen) atoms. The first-order valence-corrected chi connectivity index (χ1v) is 9.93. The number of aryl methyl sites for hydroxylation is 1. The third-order valence-corrected chi connectivity index (χ3v) is 5.58. The van der Waals surface area contributed by atoms with Gasteiger partial charge >= 0.3 is 12.1 Å². The normalized spacial score (nSPS) is 13.2. The summed E-state index contributed by atoms with van der Waals surface area (Å²) < 4.78 is 5.57. The van der Waals surface area contributed by atoms with Crippen LogP contribution in [0.25, 0.3) is 11.1 Å². The zero-order valence-corrected chi connectivity index (χ0v) is 16.7. The van der Waals surface area contributed by atoms with Crippen LogP contribution >= 0.6 is 0 Å². The van der Waals surface area contributed by atoms with Gasteiger partial charge in [-0.25, -0.2) is 4.79 Å². The Labute approximate surface area is 175 Å². The highest BCUT2D eigenvalue weighted by atomic mass is 16.5. The predicted molar refractivity (Wildman–Crippen MR) is 114 cm³/mol. The second kappa shape index (κ2) is 8.41. The van der Waals surface area contributed by atoms with Crippen LogP contribution in [0.1, 0.15) is 40.6 Å². The highest BCUT2D eigenvalue weighted by Crippen LogP contribution is 2.44. The lowest BCUT2D eigenvalue weighted by Gasteiger charge is -2.20. The number of hydrogen-bond donors (Lipinski definition) is 2. The number of fused-ring (bicyclic) bond motifs is 3. The fourth-order valence-corrected chi connectivity index (χ4v) is 4.17. The summed E-state index contributed by atoms with van der Waals surface area (Å²) in [6, 6.07) is 23.0. The Kier molecular flexibility index (Phi) is 5.53. The molecule has 0 radical (unpaired) electrons. The second-order valence-electron chi connectivity index (χ2n) is 7.48. The predicted octanol–water partition coefficient (Wildman–Crippen LogP) is 5.05. The topological polar surface area (TPSA) is 75.6 Å². The average Bonchev–Trinajstić information content (AvgIpc) is 3.06. The van der Waals surface area contributed by atoms with Crippen molar-refractivity contribution in [2.45, 2.75) is 25.3 Å². The standard InChI is InChI=1S/C25H23NO4/c1-16-8-2-3-9-17(16)23(14-24(27)28)26-25(29)30-15-22-20-12-6-4-10-18(20)19-11-5-7-13-21(19)22/h2-13,22-23H,14-15H2,1H3,(H,26,29)(H,27,28). The van der Waals surface area contributed by atoms with Crippen molar-refractivity contribution in [3.8, 4) is 11.1 Å². The molecule has 5 nitrogen and oxygen atoms in total. The van der Waals surface area contributed by atoms with E-state index in [1.165, 1.54) is 0 Å². The maximum atomic E-state index is 12.6. The Bertz CT molecular complexity index is 1050. The second-order valence-corrected chi connectivity index (χ2v) is 7.48. The molecular formula is C25H23NO4. The Hall–Kier alpha value is -3.60. The molecule has 1 atom stereocenters. The minimum Gasteiger partial charge on any atom is -0.481 e. The van der Waals surface area contributed by atoms with Gasteiger partial charge in [-0.2, -0.15) is 0 Å². The molecule has 1 aliphatic rings. The van der Waals surface area contributed by atoms with Crippen LogP contribution in [0.4, 0.5) is 4.79 Å². The molecule has 2 N–H and O–H groups in total. The molecule has 3 aromatic rings. The van der Waals surface area contributed by atoms with Crippen LogP contribution in [0.3, 0.4) is 0 Å². The fourth-order valence-electron chi connectivity index (χ4n) is 4.17. The number of alkyl carbamates (subject to hydrolysis) is 1. The number of carbonyl (C=O) groups excluding carboxylic acids is 1. The zero-order valence-electron chi connectivity index (χ0n) is 16.7. The number of amides is 1. The van der Waals surface area contributed by atoms with E-state index < -0.39 is 18.1 Å². The molecule has 0 bridgehead atoms. The van der Waals surface area contributed by atoms with Crippen molar-refractivity contribution in [2.24, 2.45) is 0 Å². The quantitative estimate of drug-likeness (QED) is 0.606. The van der Waals surface area contributed by atoms with E-state index in [4.69, 9.17) is 4.74 Å². The number of hydrogen-bond acceptors (Lipinski definition) is 3. The molecule has 0 saturated carbocycles. The first kappa shape index (κ1) is 19.7. The van der Waals surface area contributed by atoms with Gasteiger partial charge in [0, 0.05) is 5.92 Å². The van der Waals surface area contributed by atoms with Gasteiger partial charge < -0.3 is 15.2 Å². The number of aliphatic carboxylic acids is 1. The van der Waals surface area contributed by atoms with Gasteiger partial charge in [-0.1, -0.05) is 72.8 Å². The molecule has 0 aliphatic heterocycles. The maximum absolute atomic E-state index is 12.6. The summed E-state index contributed by atoms with van der Waals surface area (Å²) in [6.45, 7) is 2.08. The summed E-state index contributed by atoms with van der Waals surface area (Å²) in [5, 5.41) is 12.0. The largest absolute Gasteiger partial charge is 0.481 e. The van der Waals surface area contributed by atoms with E-state index in [0.717, 1.165) is 33.4 Å². The van der Waals surface area contributed by atoms with E-state index in [2.05, 4.69) is 29.6 Å². The fraction of sp³-hybridized carbons (Fsp3) is 0.200. The lowest BCUT2D eigenvalue weighted by Crippen LogP contribution is -2.32. The number of carboxylic acid groups (broad SMARTS) is 1. The molecule has 1 aliphatic carbocycles. The van der Waals surface area contributed by atoms with Gasteiger partial charge in [-0.05, 0) is 40.3 Å². The molecule has 0 fully saturated rings. The van der Waals surface area contributed by atoms with E-state index in [1.807, 2.05) is 55.5 Å². The SMILES string of the molecule is Cc1ccccc1C(CC(=O)O)NC(=O)OCC1c2ccccc2-c2ccccc21. The van der Waals surface area contributed by atoms with Gasteiger partial charge in [0.2, 0.25) is 0 Å². The van der Waals surface area contributed by atoms with Crippen LogP contribution in [0.2, 0.25) is 0 Å². The van der Waals surface area contributed by atoms with Crippen molar-refractivity contribution in [1.82, 2.24) is 5.32 Å². The van der Waals surface area contributed by atoms with Crippen molar-refractivity contribution < 1.29 is 19.4 Å². The molecule has 0 aromatic heterocycles. The summed E-state index contributed by atoms with van der Waals surface area (Å²) in [7, 11) is 0. The van der Waals surface area contributed by atoms with E-state index in [-0.39, 0.29) is 18.9 Å². The van der Waals surface area contributed by atoms with Crippen molar-refractivity contribution in [3.63, 3.8) is 0 Å². The minimum absolute atomic E-state index is 0.0421. The molecule has 1 amide bonds. The zero-order chi connectivity index (χ0) is 21.1. The molecule has 1 unspecified atom stereocenters. The summed E-state index contributed by atoms with van der Waals surface area (Å²) in [5.74, 6) is -1.03. The van der Waals surface area contributed by atoms with Crippen molar-refractivity contribution in [1.29, 1.82) is 0 Å². The van der Waals surface area contributed by atoms with Gasteiger partial charge in [0.25, 0.3) is 0 Å². The van der Waals surface area contributed by atoms with Crippen molar-refractivity contribution >= 4 is 12.1 Å². The number of benzene rings is 3. The van der Waals surface area contributed by atoms with Gasteiger partial charge in [0.15, 0.2) is 0 Å². The molecule has 4 rings (SSSR count). The number of ether oxygens (including phenoxy) is 1. The molecule has 5 heteroatoms. The van der Waals surface area contributed by atoms with Crippen LogP contribution in [-0.4, -0.2) is 23.8 Å². The summed E-state index contributed by atoms with van der Waals surface area (Å²) in [4.78, 5) is 23.9. The molecule has 152 valence electrons. The van der Waals surface area contributed by atoms with Crippen LogP contribution in [0, 0.1) is 6.92 Å². The van der Waals surface area contributed by atoms with Crippen LogP contribution < -0.4 is 5.32 Å². The smallest absolute Gasteiger partial charge is 0.407 e. The summed E-state index contributed by atoms with van der Waals surface area (Å²) >= 11 is 0. The Morgan fingerprint density at radius 3 is 2.10 bits per heavy atom.